The van der Waals surface area contributed by atoms with Crippen LogP contribution in [0.4, 0.5) is 10.3 Å². The highest BCUT2D eigenvalue weighted by molar-refractivity contribution is 5.09. The number of aliphatic hydroxyl groups is 2. The van der Waals surface area contributed by atoms with Crippen molar-refractivity contribution in [3.05, 3.63) is 49.7 Å². The number of ether oxygens (including phenoxy) is 1. The molecule has 0 radical (unpaired) electrons. The first-order valence-corrected chi connectivity index (χ1v) is 6.94. The van der Waals surface area contributed by atoms with Gasteiger partial charge in [0.2, 0.25) is 11.8 Å². The summed E-state index contributed by atoms with van der Waals surface area (Å²) in [5.41, 5.74) is 2.94. The molecule has 0 aliphatic carbocycles. The maximum Gasteiger partial charge on any atom is 0.354 e. The fraction of sp³-hybridized carbons (Fsp3) is 0.417. The quantitative estimate of drug-likeness (QED) is 0.374. The maximum absolute atomic E-state index is 12.0. The Morgan fingerprint density at radius 3 is 2.68 bits per heavy atom. The first-order valence-electron chi connectivity index (χ1n) is 6.94. The molecule has 3 rings (SSSR count). The average Bonchev–Trinajstić information content (AvgIpc) is 2.92. The number of halogens is 1. The van der Waals surface area contributed by atoms with Gasteiger partial charge in [-0.15, -0.1) is 0 Å². The van der Waals surface area contributed by atoms with E-state index in [-0.39, 0.29) is 19.0 Å². The number of aromatic nitrogens is 5. The number of nitrogen functional groups attached to an aromatic ring is 1. The summed E-state index contributed by atoms with van der Waals surface area (Å²) < 4.78 is 18.4. The second-order valence-electron chi connectivity index (χ2n) is 4.94. The first kappa shape index (κ1) is 18.4. The average molecular weight is 358 g/mol. The lowest BCUT2D eigenvalue weighted by molar-refractivity contribution is -0.0462. The molecule has 25 heavy (non-hydrogen) atoms. The van der Waals surface area contributed by atoms with E-state index in [1.807, 2.05) is 4.98 Å². The molecule has 12 nitrogen and oxygen atoms in total. The van der Waals surface area contributed by atoms with Crippen LogP contribution in [-0.2, 0) is 4.74 Å². The molecule has 1 fully saturated rings. The third-order valence-corrected chi connectivity index (χ3v) is 3.21. The summed E-state index contributed by atoms with van der Waals surface area (Å²) in [6.45, 7) is -0.303. The molecule has 0 saturated carbocycles. The Balaban J connectivity index is 0.000000212. The van der Waals surface area contributed by atoms with E-state index < -0.39 is 41.2 Å². The summed E-state index contributed by atoms with van der Waals surface area (Å²) >= 11 is 0. The maximum atomic E-state index is 12.0. The van der Waals surface area contributed by atoms with Gasteiger partial charge in [0.25, 0.3) is 5.56 Å². The van der Waals surface area contributed by atoms with Crippen molar-refractivity contribution in [2.45, 2.75) is 24.9 Å². The monoisotopic (exact) mass is 358 g/mol. The van der Waals surface area contributed by atoms with Gasteiger partial charge < -0.3 is 25.7 Å². The topological polar surface area (TPSA) is 189 Å². The first-order chi connectivity index (χ1) is 11.8. The Kier molecular flexibility index (Phi) is 5.74. The van der Waals surface area contributed by atoms with Gasteiger partial charge in [0, 0.05) is 12.6 Å². The molecule has 1 saturated heterocycles. The molecule has 0 spiro atoms. The number of nitrogens with two attached hydrogens (primary N) is 1. The lowest BCUT2D eigenvalue weighted by atomic mass is 10.2. The number of hydrogen-bond acceptors (Lipinski definition) is 9. The van der Waals surface area contributed by atoms with Crippen LogP contribution in [0.25, 0.3) is 0 Å². The van der Waals surface area contributed by atoms with Crippen LogP contribution in [-0.4, -0.2) is 53.5 Å². The molecule has 0 aromatic carbocycles. The van der Waals surface area contributed by atoms with Gasteiger partial charge in [-0.2, -0.15) is 9.37 Å². The highest BCUT2D eigenvalue weighted by Gasteiger charge is 2.35. The predicted octanol–water partition coefficient (Wildman–Crippen LogP) is -2.94. The highest BCUT2D eigenvalue weighted by Crippen LogP contribution is 2.26. The largest absolute Gasteiger partial charge is 0.394 e. The van der Waals surface area contributed by atoms with Crippen molar-refractivity contribution < 1.29 is 19.3 Å². The van der Waals surface area contributed by atoms with E-state index in [2.05, 4.69) is 9.97 Å². The fourth-order valence-corrected chi connectivity index (χ4v) is 2.00. The molecule has 3 heterocycles. The highest BCUT2D eigenvalue weighted by atomic mass is 19.1. The van der Waals surface area contributed by atoms with Gasteiger partial charge in [-0.05, 0) is 0 Å². The Hall–Kier alpha value is -2.90. The number of rotatable bonds is 2. The van der Waals surface area contributed by atoms with Crippen LogP contribution < -0.4 is 22.7 Å². The van der Waals surface area contributed by atoms with Gasteiger partial charge in [-0.25, -0.2) is 14.6 Å². The normalized spacial score (nSPS) is 22.3. The Morgan fingerprint density at radius 2 is 2.16 bits per heavy atom. The molecule has 3 atom stereocenters. The molecule has 2 aromatic heterocycles. The number of aliphatic hydroxyl groups excluding tert-OH is 2. The van der Waals surface area contributed by atoms with Crippen LogP contribution in [0.3, 0.4) is 0 Å². The smallest absolute Gasteiger partial charge is 0.354 e. The zero-order valence-electron chi connectivity index (χ0n) is 12.6. The van der Waals surface area contributed by atoms with Crippen LogP contribution in [0, 0.1) is 5.82 Å². The third-order valence-electron chi connectivity index (χ3n) is 3.21. The molecule has 2 aromatic rings. The molecule has 13 heteroatoms. The van der Waals surface area contributed by atoms with Crippen molar-refractivity contribution in [1.29, 1.82) is 0 Å². The van der Waals surface area contributed by atoms with Gasteiger partial charge in [0.05, 0.1) is 12.7 Å². The van der Waals surface area contributed by atoms with E-state index in [4.69, 9.17) is 15.6 Å². The summed E-state index contributed by atoms with van der Waals surface area (Å²) in [6, 6.07) is 0. The van der Waals surface area contributed by atoms with Gasteiger partial charge >= 0.3 is 11.4 Å². The summed E-state index contributed by atoms with van der Waals surface area (Å²) in [7, 11) is 0. The van der Waals surface area contributed by atoms with Crippen molar-refractivity contribution >= 4 is 5.95 Å². The van der Waals surface area contributed by atoms with E-state index in [1.54, 1.807) is 4.98 Å². The molecular weight excluding hydrogens is 343 g/mol. The van der Waals surface area contributed by atoms with E-state index in [0.717, 1.165) is 4.57 Å². The zero-order valence-corrected chi connectivity index (χ0v) is 12.6. The van der Waals surface area contributed by atoms with E-state index >= 15 is 0 Å². The summed E-state index contributed by atoms with van der Waals surface area (Å²) in [6.07, 6.45) is -0.0318. The van der Waals surface area contributed by atoms with Crippen LogP contribution in [0.1, 0.15) is 12.6 Å². The Labute approximate surface area is 137 Å². The van der Waals surface area contributed by atoms with Gasteiger partial charge in [-0.1, -0.05) is 0 Å². The summed E-state index contributed by atoms with van der Waals surface area (Å²) in [5.74, 6) is -1.10. The van der Waals surface area contributed by atoms with Gasteiger partial charge in [-0.3, -0.25) is 14.3 Å². The van der Waals surface area contributed by atoms with E-state index in [9.17, 15) is 23.9 Å². The predicted molar refractivity (Wildman–Crippen MR) is 80.0 cm³/mol. The fourth-order valence-electron chi connectivity index (χ4n) is 2.00. The van der Waals surface area contributed by atoms with Crippen LogP contribution in [0.5, 0.6) is 0 Å². The van der Waals surface area contributed by atoms with Crippen LogP contribution in [0.15, 0.2) is 26.9 Å². The van der Waals surface area contributed by atoms with Gasteiger partial charge in [0.1, 0.15) is 18.7 Å². The molecule has 0 unspecified atom stereocenters. The Bertz CT molecular complexity index is 894. The van der Waals surface area contributed by atoms with Gasteiger partial charge in [0.15, 0.2) is 0 Å². The molecular formula is C12H15FN6O6. The van der Waals surface area contributed by atoms with Crippen molar-refractivity contribution in [2.75, 3.05) is 12.3 Å². The molecule has 0 bridgehead atoms. The number of nitrogens with zero attached hydrogens (tertiary/aromatic N) is 3. The minimum atomic E-state index is -1.00. The van der Waals surface area contributed by atoms with Crippen molar-refractivity contribution in [3.63, 3.8) is 0 Å². The summed E-state index contributed by atoms with van der Waals surface area (Å²) in [5, 5.41) is 18.4. The molecule has 1 aliphatic heterocycles. The molecule has 136 valence electrons. The standard InChI is InChI=1S/C8H12N4O4.C4H3FN2O2/c9-7-10-3-12(8(15)11-7)6-1-4(14)5(2-13)16-6;5-2-1-6-4(9)7-3(2)8/h3-6,13-14H,1-2H2,(H2,9,11,15);1H,(H2,6,7,8,9)/t4-,5+,6+;/m0./s1. The second-order valence-corrected chi connectivity index (χ2v) is 4.94. The van der Waals surface area contributed by atoms with Crippen molar-refractivity contribution in [2.24, 2.45) is 0 Å². The molecule has 6 N–H and O–H groups in total. The minimum absolute atomic E-state index is 0.112. The van der Waals surface area contributed by atoms with Crippen molar-refractivity contribution in [1.82, 2.24) is 24.5 Å². The number of anilines is 1. The number of hydrogen-bond donors (Lipinski definition) is 5. The summed E-state index contributed by atoms with van der Waals surface area (Å²) in [4.78, 5) is 42.6. The SMILES string of the molecule is Nc1ncn([C@H]2C[C@H](O)[C@@H](CO)O2)c(=O)n1.O=c1[nH]cc(F)c(=O)[nH]1. The lowest BCUT2D eigenvalue weighted by Crippen LogP contribution is -2.28. The number of H-pyrrole nitrogens is 2. The van der Waals surface area contributed by atoms with Crippen molar-refractivity contribution in [3.8, 4) is 0 Å². The van der Waals surface area contributed by atoms with E-state index in [0.29, 0.717) is 6.20 Å². The zero-order chi connectivity index (χ0) is 18.6. The molecule has 1 aliphatic rings. The van der Waals surface area contributed by atoms with Crippen LogP contribution >= 0.6 is 0 Å². The van der Waals surface area contributed by atoms with E-state index in [1.165, 1.54) is 6.33 Å². The number of nitrogens with one attached hydrogen (secondary N) is 2. The Morgan fingerprint density at radius 1 is 1.44 bits per heavy atom. The molecule has 0 amide bonds. The third kappa shape index (κ3) is 4.56. The number of aromatic amines is 2. The van der Waals surface area contributed by atoms with Crippen LogP contribution in [0.2, 0.25) is 0 Å². The lowest BCUT2D eigenvalue weighted by Gasteiger charge is -2.13. The minimum Gasteiger partial charge on any atom is -0.394 e. The second kappa shape index (κ2) is 7.78.